The summed E-state index contributed by atoms with van der Waals surface area (Å²) in [6, 6.07) is 15.3. The molecule has 1 amide bonds. The summed E-state index contributed by atoms with van der Waals surface area (Å²) in [5, 5.41) is 11.3. The Balaban J connectivity index is 1.55. The lowest BCUT2D eigenvalue weighted by atomic mass is 9.98. The fourth-order valence-corrected chi connectivity index (χ4v) is 5.09. The van der Waals surface area contributed by atoms with Crippen LogP contribution in [0.25, 0.3) is 5.76 Å². The molecule has 7 heteroatoms. The Kier molecular flexibility index (Phi) is 6.31. The fraction of sp³-hybridized carbons (Fsp3) is 0.310. The fourth-order valence-electron chi connectivity index (χ4n) is 5.09. The number of carbonyl (C=O) groups is 2. The first kappa shape index (κ1) is 23.7. The minimum atomic E-state index is -0.885. The normalized spacial score (nSPS) is 20.2. The number of aliphatic hydroxyl groups is 1. The average Bonchev–Trinajstić information content (AvgIpc) is 3.51. The number of ether oxygens (including phenoxy) is 1. The molecule has 1 N–H and O–H groups in total. The number of nitrogens with zero attached hydrogens (tertiary/aromatic N) is 2. The number of hydrogen-bond acceptors (Lipinski definition) is 6. The molecule has 1 atom stereocenters. The molecule has 1 unspecified atom stereocenters. The van der Waals surface area contributed by atoms with Crippen LogP contribution < -0.4 is 14.5 Å². The second kappa shape index (κ2) is 9.57. The molecule has 2 aromatic carbocycles. The third-order valence-electron chi connectivity index (χ3n) is 7.20. The van der Waals surface area contributed by atoms with E-state index in [1.807, 2.05) is 31.2 Å². The van der Waals surface area contributed by atoms with Gasteiger partial charge in [-0.05, 0) is 85.8 Å². The summed E-state index contributed by atoms with van der Waals surface area (Å²) >= 11 is 0. The van der Waals surface area contributed by atoms with Crippen molar-refractivity contribution in [1.29, 1.82) is 0 Å². The van der Waals surface area contributed by atoms with Gasteiger partial charge in [-0.15, -0.1) is 0 Å². The molecule has 5 rings (SSSR count). The summed E-state index contributed by atoms with van der Waals surface area (Å²) in [6.45, 7) is 6.12. The van der Waals surface area contributed by atoms with Gasteiger partial charge in [0.1, 0.15) is 23.3 Å². The number of benzene rings is 2. The van der Waals surface area contributed by atoms with E-state index in [0.29, 0.717) is 22.8 Å². The first-order valence-electron chi connectivity index (χ1n) is 12.2. The Hall–Kier alpha value is -4.00. The van der Waals surface area contributed by atoms with Gasteiger partial charge in [-0.25, -0.2) is 0 Å². The van der Waals surface area contributed by atoms with E-state index in [-0.39, 0.29) is 11.3 Å². The summed E-state index contributed by atoms with van der Waals surface area (Å²) in [5.41, 5.74) is 2.88. The number of anilines is 2. The number of methoxy groups -OCH3 is 1. The number of Topliss-reactive ketones (excluding diaryl/α,β-unsaturated/α-hetero) is 1. The summed E-state index contributed by atoms with van der Waals surface area (Å²) in [6.07, 6.45) is 3.80. The van der Waals surface area contributed by atoms with Crippen molar-refractivity contribution in [2.75, 3.05) is 30.0 Å². The Morgan fingerprint density at radius 3 is 2.33 bits per heavy atom. The first-order chi connectivity index (χ1) is 17.4. The number of ketones is 1. The maximum atomic E-state index is 13.3. The molecule has 3 aromatic rings. The van der Waals surface area contributed by atoms with Crippen molar-refractivity contribution < 1.29 is 23.8 Å². The molecule has 1 aromatic heterocycles. The molecule has 0 spiro atoms. The van der Waals surface area contributed by atoms with Crippen molar-refractivity contribution in [1.82, 2.24) is 0 Å². The molecule has 2 aliphatic rings. The molecule has 2 aliphatic heterocycles. The van der Waals surface area contributed by atoms with Crippen molar-refractivity contribution in [2.24, 2.45) is 5.92 Å². The zero-order valence-electron chi connectivity index (χ0n) is 20.7. The van der Waals surface area contributed by atoms with Crippen LogP contribution >= 0.6 is 0 Å². The highest BCUT2D eigenvalue weighted by Crippen LogP contribution is 2.43. The van der Waals surface area contributed by atoms with Crippen LogP contribution in [0.1, 0.15) is 42.7 Å². The van der Waals surface area contributed by atoms with E-state index < -0.39 is 17.7 Å². The van der Waals surface area contributed by atoms with E-state index in [4.69, 9.17) is 9.15 Å². The van der Waals surface area contributed by atoms with Crippen LogP contribution in [0.5, 0.6) is 5.75 Å². The largest absolute Gasteiger partial charge is 0.507 e. The highest BCUT2D eigenvalue weighted by atomic mass is 16.5. The lowest BCUT2D eigenvalue weighted by Gasteiger charge is -2.32. The molecule has 0 aliphatic carbocycles. The van der Waals surface area contributed by atoms with E-state index in [2.05, 4.69) is 11.8 Å². The van der Waals surface area contributed by atoms with E-state index >= 15 is 0 Å². The van der Waals surface area contributed by atoms with Crippen LogP contribution in [0.3, 0.4) is 0 Å². The van der Waals surface area contributed by atoms with Gasteiger partial charge >= 0.3 is 0 Å². The number of carbonyl (C=O) groups excluding carboxylic acids is 2. The van der Waals surface area contributed by atoms with Crippen LogP contribution in [0.15, 0.2) is 70.9 Å². The predicted molar refractivity (Wildman–Crippen MR) is 138 cm³/mol. The number of furan rings is 1. The Labute approximate surface area is 210 Å². The molecule has 0 bridgehead atoms. The molecule has 2 fully saturated rings. The molecule has 2 saturated heterocycles. The van der Waals surface area contributed by atoms with E-state index in [0.717, 1.165) is 43.1 Å². The van der Waals surface area contributed by atoms with Crippen molar-refractivity contribution >= 4 is 28.8 Å². The first-order valence-corrected chi connectivity index (χ1v) is 12.2. The molecule has 36 heavy (non-hydrogen) atoms. The number of rotatable bonds is 5. The quantitative estimate of drug-likeness (QED) is 0.293. The Morgan fingerprint density at radius 1 is 1.03 bits per heavy atom. The predicted octanol–water partition coefficient (Wildman–Crippen LogP) is 5.46. The number of amides is 1. The van der Waals surface area contributed by atoms with E-state index in [9.17, 15) is 14.7 Å². The summed E-state index contributed by atoms with van der Waals surface area (Å²) < 4.78 is 11.0. The van der Waals surface area contributed by atoms with E-state index in [1.54, 1.807) is 37.4 Å². The van der Waals surface area contributed by atoms with Crippen LogP contribution in [0, 0.1) is 12.8 Å². The molecule has 186 valence electrons. The van der Waals surface area contributed by atoms with Crippen molar-refractivity contribution in [3.8, 4) is 5.75 Å². The number of aliphatic hydroxyl groups excluding tert-OH is 1. The van der Waals surface area contributed by atoms with Gasteiger partial charge in [0.2, 0.25) is 0 Å². The molecule has 0 radical (unpaired) electrons. The van der Waals surface area contributed by atoms with Crippen LogP contribution in [-0.4, -0.2) is 37.0 Å². The standard InChI is InChI=1S/C29H30N2O5/c1-18-12-14-30(15-13-18)21-7-9-22(10-8-21)31-26(24-5-4-16-36-24)25(28(33)29(31)34)27(32)20-6-11-23(35-3)19(2)17-20/h4-11,16-18,26,32H,12-15H2,1-3H3/b27-25-. The van der Waals surface area contributed by atoms with Gasteiger partial charge in [-0.2, -0.15) is 0 Å². The lowest BCUT2D eigenvalue weighted by molar-refractivity contribution is -0.132. The smallest absolute Gasteiger partial charge is 0.300 e. The monoisotopic (exact) mass is 486 g/mol. The summed E-state index contributed by atoms with van der Waals surface area (Å²) in [4.78, 5) is 30.3. The topological polar surface area (TPSA) is 83.2 Å². The van der Waals surface area contributed by atoms with Gasteiger partial charge in [-0.1, -0.05) is 6.92 Å². The number of hydrogen-bond donors (Lipinski definition) is 1. The summed E-state index contributed by atoms with van der Waals surface area (Å²) in [5.74, 6) is 0.0874. The molecule has 0 saturated carbocycles. The third-order valence-corrected chi connectivity index (χ3v) is 7.20. The average molecular weight is 487 g/mol. The van der Waals surface area contributed by atoms with Gasteiger partial charge < -0.3 is 19.2 Å². The van der Waals surface area contributed by atoms with Gasteiger partial charge in [0.05, 0.1) is 18.9 Å². The maximum Gasteiger partial charge on any atom is 0.300 e. The highest BCUT2D eigenvalue weighted by molar-refractivity contribution is 6.51. The molecular formula is C29H30N2O5. The minimum Gasteiger partial charge on any atom is -0.507 e. The van der Waals surface area contributed by atoms with Gasteiger partial charge in [0, 0.05) is 30.0 Å². The lowest BCUT2D eigenvalue weighted by Crippen LogP contribution is -2.33. The molecular weight excluding hydrogens is 456 g/mol. The maximum absolute atomic E-state index is 13.3. The number of piperidine rings is 1. The van der Waals surface area contributed by atoms with Gasteiger partial charge in [0.25, 0.3) is 11.7 Å². The number of aryl methyl sites for hydroxylation is 1. The SMILES string of the molecule is COc1ccc(/C(O)=C2/C(=O)C(=O)N(c3ccc(N4CCC(C)CC4)cc3)C2c2ccco2)cc1C. The Bertz CT molecular complexity index is 1300. The van der Waals surface area contributed by atoms with Crippen molar-refractivity contribution in [3.63, 3.8) is 0 Å². The summed E-state index contributed by atoms with van der Waals surface area (Å²) in [7, 11) is 1.57. The minimum absolute atomic E-state index is 0.00592. The zero-order chi connectivity index (χ0) is 25.4. The second-order valence-corrected chi connectivity index (χ2v) is 9.55. The third kappa shape index (κ3) is 4.15. The van der Waals surface area contributed by atoms with E-state index in [1.165, 1.54) is 11.2 Å². The molecule has 7 nitrogen and oxygen atoms in total. The van der Waals surface area contributed by atoms with Gasteiger partial charge in [0.15, 0.2) is 0 Å². The molecule has 3 heterocycles. The second-order valence-electron chi connectivity index (χ2n) is 9.55. The highest BCUT2D eigenvalue weighted by Gasteiger charge is 2.48. The zero-order valence-corrected chi connectivity index (χ0v) is 20.7. The van der Waals surface area contributed by atoms with Crippen LogP contribution in [0.4, 0.5) is 11.4 Å². The van der Waals surface area contributed by atoms with Crippen molar-refractivity contribution in [2.45, 2.75) is 32.7 Å². The van der Waals surface area contributed by atoms with Crippen LogP contribution in [-0.2, 0) is 9.59 Å². The Morgan fingerprint density at radius 2 is 1.72 bits per heavy atom. The van der Waals surface area contributed by atoms with Crippen LogP contribution in [0.2, 0.25) is 0 Å². The van der Waals surface area contributed by atoms with Gasteiger partial charge in [-0.3, -0.25) is 14.5 Å². The van der Waals surface area contributed by atoms with Crippen molar-refractivity contribution in [3.05, 3.63) is 83.3 Å².